The summed E-state index contributed by atoms with van der Waals surface area (Å²) >= 11 is 0. The minimum Gasteiger partial charge on any atom is -0.486 e. The van der Waals surface area contributed by atoms with Gasteiger partial charge < -0.3 is 4.74 Å². The van der Waals surface area contributed by atoms with Gasteiger partial charge in [-0.25, -0.2) is 4.39 Å². The second-order valence-electron chi connectivity index (χ2n) is 10.9. The highest BCUT2D eigenvalue weighted by Gasteiger charge is 2.39. The van der Waals surface area contributed by atoms with E-state index in [-0.39, 0.29) is 12.4 Å². The normalized spacial score (nSPS) is 29.8. The Kier molecular flexibility index (Phi) is 8.29. The number of unbranched alkanes of at least 4 members (excludes halogenated alkanes) is 3. The van der Waals surface area contributed by atoms with E-state index in [0.29, 0.717) is 23.8 Å². The highest BCUT2D eigenvalue weighted by atomic mass is 19.2. The molecular weight excluding hydrogens is 402 g/mol. The molecule has 3 heteroatoms. The summed E-state index contributed by atoms with van der Waals surface area (Å²) in [5.41, 5.74) is 1.55. The summed E-state index contributed by atoms with van der Waals surface area (Å²) in [6.45, 7) is 6.07. The molecule has 32 heavy (non-hydrogen) atoms. The molecule has 0 spiro atoms. The first-order valence-electron chi connectivity index (χ1n) is 13.3. The number of fused-ring (bicyclic) bond motifs is 2. The number of hydrogen-bond donors (Lipinski definition) is 0. The molecule has 0 saturated heterocycles. The molecule has 2 fully saturated rings. The third-order valence-corrected chi connectivity index (χ3v) is 8.87. The Morgan fingerprint density at radius 1 is 0.938 bits per heavy atom. The molecule has 0 aliphatic heterocycles. The average molecular weight is 445 g/mol. The van der Waals surface area contributed by atoms with Gasteiger partial charge in [-0.3, -0.25) is 0 Å². The van der Waals surface area contributed by atoms with Crippen LogP contribution in [-0.2, 0) is 12.8 Å². The largest absolute Gasteiger partial charge is 0.486 e. The molecule has 3 aliphatic rings. The predicted molar refractivity (Wildman–Crippen MR) is 128 cm³/mol. The van der Waals surface area contributed by atoms with Crippen molar-refractivity contribution in [2.75, 3.05) is 6.61 Å². The number of ether oxygens (including phenoxy) is 1. The molecule has 3 aliphatic carbocycles. The number of benzene rings is 1. The van der Waals surface area contributed by atoms with Gasteiger partial charge in [0.05, 0.1) is 0 Å². The van der Waals surface area contributed by atoms with Crippen molar-refractivity contribution < 1.29 is 13.5 Å². The molecule has 0 heterocycles. The van der Waals surface area contributed by atoms with Gasteiger partial charge in [-0.05, 0) is 98.1 Å². The monoisotopic (exact) mass is 444 g/mol. The van der Waals surface area contributed by atoms with E-state index >= 15 is 0 Å². The maximum absolute atomic E-state index is 14.9. The zero-order chi connectivity index (χ0) is 22.5. The highest BCUT2D eigenvalue weighted by molar-refractivity contribution is 5.40. The number of rotatable bonds is 9. The van der Waals surface area contributed by atoms with Crippen LogP contribution in [0.5, 0.6) is 5.75 Å². The third kappa shape index (κ3) is 5.39. The summed E-state index contributed by atoms with van der Waals surface area (Å²) in [7, 11) is 0. The SMILES string of the molecule is C=CCOc1cc2c(c(F)c1F)CC(C1CCC3CC(CCCCCC)CCC3C1)CC2. The fourth-order valence-corrected chi connectivity index (χ4v) is 7.07. The van der Waals surface area contributed by atoms with Crippen molar-refractivity contribution in [1.29, 1.82) is 0 Å². The van der Waals surface area contributed by atoms with E-state index in [0.717, 1.165) is 36.2 Å². The van der Waals surface area contributed by atoms with Crippen molar-refractivity contribution in [1.82, 2.24) is 0 Å². The second kappa shape index (κ2) is 11.2. The summed E-state index contributed by atoms with van der Waals surface area (Å²) in [6, 6.07) is 1.73. The molecule has 0 amide bonds. The van der Waals surface area contributed by atoms with Gasteiger partial charge in [0.2, 0.25) is 5.82 Å². The van der Waals surface area contributed by atoms with E-state index in [4.69, 9.17) is 4.74 Å². The summed E-state index contributed by atoms with van der Waals surface area (Å²) in [5, 5.41) is 0. The van der Waals surface area contributed by atoms with Gasteiger partial charge in [0.25, 0.3) is 0 Å². The zero-order valence-corrected chi connectivity index (χ0v) is 20.0. The zero-order valence-electron chi connectivity index (χ0n) is 20.0. The molecule has 178 valence electrons. The smallest absolute Gasteiger partial charge is 0.200 e. The minimum absolute atomic E-state index is 0.0339. The molecule has 0 N–H and O–H groups in total. The predicted octanol–water partition coefficient (Wildman–Crippen LogP) is 8.44. The van der Waals surface area contributed by atoms with Gasteiger partial charge in [0.15, 0.2) is 11.6 Å². The van der Waals surface area contributed by atoms with Crippen molar-refractivity contribution in [3.63, 3.8) is 0 Å². The fraction of sp³-hybridized carbons (Fsp3) is 0.724. The Labute approximate surface area is 194 Å². The summed E-state index contributed by atoms with van der Waals surface area (Å²) < 4.78 is 34.8. The van der Waals surface area contributed by atoms with Crippen molar-refractivity contribution in [2.45, 2.75) is 96.8 Å². The topological polar surface area (TPSA) is 9.23 Å². The molecule has 1 nitrogen and oxygen atoms in total. The lowest BCUT2D eigenvalue weighted by atomic mass is 9.60. The average Bonchev–Trinajstić information content (AvgIpc) is 2.82. The summed E-state index contributed by atoms with van der Waals surface area (Å²) in [4.78, 5) is 0. The van der Waals surface area contributed by atoms with Crippen LogP contribution in [0.2, 0.25) is 0 Å². The van der Waals surface area contributed by atoms with E-state index in [1.807, 2.05) is 0 Å². The van der Waals surface area contributed by atoms with Gasteiger partial charge in [0.1, 0.15) is 6.61 Å². The first kappa shape index (κ1) is 23.8. The van der Waals surface area contributed by atoms with Crippen LogP contribution in [-0.4, -0.2) is 6.61 Å². The van der Waals surface area contributed by atoms with Crippen molar-refractivity contribution in [3.05, 3.63) is 41.5 Å². The van der Waals surface area contributed by atoms with Crippen molar-refractivity contribution >= 4 is 0 Å². The summed E-state index contributed by atoms with van der Waals surface area (Å²) in [5.74, 6) is 2.47. The van der Waals surface area contributed by atoms with Crippen LogP contribution >= 0.6 is 0 Å². The van der Waals surface area contributed by atoms with Crippen molar-refractivity contribution in [3.8, 4) is 5.75 Å². The molecule has 5 atom stereocenters. The molecule has 2 saturated carbocycles. The molecular formula is C29H42F2O. The highest BCUT2D eigenvalue weighted by Crippen LogP contribution is 2.49. The summed E-state index contributed by atoms with van der Waals surface area (Å²) in [6.07, 6.45) is 19.4. The molecule has 1 aromatic rings. The molecule has 0 radical (unpaired) electrons. The van der Waals surface area contributed by atoms with E-state index in [9.17, 15) is 8.78 Å². The lowest BCUT2D eigenvalue weighted by Gasteiger charge is -2.45. The van der Waals surface area contributed by atoms with Crippen LogP contribution < -0.4 is 4.74 Å². The van der Waals surface area contributed by atoms with E-state index in [1.54, 1.807) is 12.1 Å². The van der Waals surface area contributed by atoms with Crippen LogP contribution in [0.3, 0.4) is 0 Å². The third-order valence-electron chi connectivity index (χ3n) is 8.87. The maximum atomic E-state index is 14.9. The van der Waals surface area contributed by atoms with Crippen LogP contribution in [0.4, 0.5) is 8.78 Å². The van der Waals surface area contributed by atoms with Crippen molar-refractivity contribution in [2.24, 2.45) is 29.6 Å². The molecule has 0 aromatic heterocycles. The number of aryl methyl sites for hydroxylation is 1. The Morgan fingerprint density at radius 2 is 1.69 bits per heavy atom. The van der Waals surface area contributed by atoms with Gasteiger partial charge >= 0.3 is 0 Å². The lowest BCUT2D eigenvalue weighted by Crippen LogP contribution is -2.35. The van der Waals surface area contributed by atoms with Gasteiger partial charge in [0, 0.05) is 0 Å². The first-order valence-corrected chi connectivity index (χ1v) is 13.3. The van der Waals surface area contributed by atoms with Gasteiger partial charge in [-0.1, -0.05) is 58.1 Å². The van der Waals surface area contributed by atoms with Crippen LogP contribution in [0.25, 0.3) is 0 Å². The van der Waals surface area contributed by atoms with Gasteiger partial charge in [-0.2, -0.15) is 4.39 Å². The minimum atomic E-state index is -0.827. The Morgan fingerprint density at radius 3 is 2.47 bits per heavy atom. The Hall–Kier alpha value is -1.38. The van der Waals surface area contributed by atoms with Crippen LogP contribution in [0.15, 0.2) is 18.7 Å². The van der Waals surface area contributed by atoms with E-state index < -0.39 is 11.6 Å². The van der Waals surface area contributed by atoms with E-state index in [1.165, 1.54) is 70.6 Å². The molecule has 0 bridgehead atoms. The lowest BCUT2D eigenvalue weighted by molar-refractivity contribution is 0.0686. The fourth-order valence-electron chi connectivity index (χ4n) is 7.07. The standard InChI is InChI=1S/C29H42F2O/c1-3-5-6-7-8-20-9-10-22-17-23(12-11-21(22)16-20)24-13-14-25-19-27(32-15-4-2)29(31)28(30)26(25)18-24/h4,19-24H,2-3,5-18H2,1H3. The molecule has 4 rings (SSSR count). The number of hydrogen-bond acceptors (Lipinski definition) is 1. The maximum Gasteiger partial charge on any atom is 0.200 e. The first-order chi connectivity index (χ1) is 15.6. The van der Waals surface area contributed by atoms with Crippen LogP contribution in [0, 0.1) is 41.2 Å². The molecule has 5 unspecified atom stereocenters. The Bertz CT molecular complexity index is 773. The Balaban J connectivity index is 1.33. The van der Waals surface area contributed by atoms with Gasteiger partial charge in [-0.15, -0.1) is 0 Å². The molecule has 1 aromatic carbocycles. The van der Waals surface area contributed by atoms with E-state index in [2.05, 4.69) is 13.5 Å². The quantitative estimate of drug-likeness (QED) is 0.274. The number of halogens is 2. The van der Waals surface area contributed by atoms with Crippen LogP contribution in [0.1, 0.15) is 95.1 Å². The second-order valence-corrected chi connectivity index (χ2v) is 10.9.